The lowest BCUT2D eigenvalue weighted by Gasteiger charge is -2.21. The van der Waals surface area contributed by atoms with Gasteiger partial charge in [-0.25, -0.2) is 4.39 Å². The van der Waals surface area contributed by atoms with E-state index in [4.69, 9.17) is 0 Å². The third-order valence-corrected chi connectivity index (χ3v) is 3.68. The minimum Gasteiger partial charge on any atom is -0.338 e. The molecule has 0 saturated heterocycles. The number of nitrogens with zero attached hydrogens (tertiary/aromatic N) is 1. The van der Waals surface area contributed by atoms with Crippen molar-refractivity contribution < 1.29 is 14.0 Å². The molecule has 5 heteroatoms. The van der Waals surface area contributed by atoms with Crippen molar-refractivity contribution in [3.63, 3.8) is 0 Å². The lowest BCUT2D eigenvalue weighted by molar-refractivity contribution is -0.129. The van der Waals surface area contributed by atoms with Gasteiger partial charge in [0.25, 0.3) is 0 Å². The first-order chi connectivity index (χ1) is 11.4. The van der Waals surface area contributed by atoms with Crippen molar-refractivity contribution in [2.45, 2.75) is 26.8 Å². The van der Waals surface area contributed by atoms with Gasteiger partial charge in [-0.2, -0.15) is 0 Å². The number of rotatable bonds is 6. The molecule has 0 atom stereocenters. The molecule has 2 aromatic rings. The van der Waals surface area contributed by atoms with Crippen LogP contribution in [0.15, 0.2) is 48.5 Å². The van der Waals surface area contributed by atoms with Gasteiger partial charge in [-0.3, -0.25) is 9.59 Å². The second-order valence-electron chi connectivity index (χ2n) is 5.73. The van der Waals surface area contributed by atoms with Crippen molar-refractivity contribution in [1.82, 2.24) is 4.90 Å². The van der Waals surface area contributed by atoms with E-state index < -0.39 is 0 Å². The molecule has 0 saturated carbocycles. The summed E-state index contributed by atoms with van der Waals surface area (Å²) in [6.07, 6.45) is 0.183. The number of aryl methyl sites for hydroxylation is 1. The van der Waals surface area contributed by atoms with E-state index in [0.717, 1.165) is 11.1 Å². The van der Waals surface area contributed by atoms with Crippen LogP contribution in [-0.2, 0) is 16.1 Å². The van der Waals surface area contributed by atoms with Gasteiger partial charge in [-0.15, -0.1) is 0 Å². The molecule has 24 heavy (non-hydrogen) atoms. The highest BCUT2D eigenvalue weighted by Crippen LogP contribution is 2.10. The quantitative estimate of drug-likeness (QED) is 0.882. The van der Waals surface area contributed by atoms with Gasteiger partial charge < -0.3 is 10.2 Å². The number of carbonyl (C=O) groups is 2. The summed E-state index contributed by atoms with van der Waals surface area (Å²) in [6.45, 7) is 4.30. The second kappa shape index (κ2) is 8.24. The first-order valence-corrected chi connectivity index (χ1v) is 7.80. The molecule has 2 amide bonds. The largest absolute Gasteiger partial charge is 0.338 e. The highest BCUT2D eigenvalue weighted by atomic mass is 19.1. The SMILES string of the molecule is CC(=O)N(CCC(=O)Nc1ccc(F)cc1)Cc1ccc(C)cc1. The monoisotopic (exact) mass is 328 g/mol. The molecule has 0 heterocycles. The minimum absolute atomic E-state index is 0.0786. The summed E-state index contributed by atoms with van der Waals surface area (Å²) in [5, 5.41) is 2.69. The highest BCUT2D eigenvalue weighted by Gasteiger charge is 2.12. The third kappa shape index (κ3) is 5.50. The molecular weight excluding hydrogens is 307 g/mol. The van der Waals surface area contributed by atoms with Crippen LogP contribution in [0.5, 0.6) is 0 Å². The molecule has 4 nitrogen and oxygen atoms in total. The maximum absolute atomic E-state index is 12.8. The van der Waals surface area contributed by atoms with E-state index >= 15 is 0 Å². The predicted octanol–water partition coefficient (Wildman–Crippen LogP) is 3.51. The molecule has 2 rings (SSSR count). The zero-order valence-corrected chi connectivity index (χ0v) is 13.9. The van der Waals surface area contributed by atoms with Crippen LogP contribution < -0.4 is 5.32 Å². The predicted molar refractivity (Wildman–Crippen MR) is 91.9 cm³/mol. The van der Waals surface area contributed by atoms with Gasteiger partial charge in [0.2, 0.25) is 11.8 Å². The van der Waals surface area contributed by atoms with Crippen LogP contribution in [0.2, 0.25) is 0 Å². The van der Waals surface area contributed by atoms with Crippen LogP contribution in [0.1, 0.15) is 24.5 Å². The molecule has 0 aliphatic heterocycles. The number of benzene rings is 2. The normalized spacial score (nSPS) is 10.3. The van der Waals surface area contributed by atoms with E-state index in [0.29, 0.717) is 18.8 Å². The van der Waals surface area contributed by atoms with E-state index in [1.54, 1.807) is 4.90 Å². The Morgan fingerprint density at radius 2 is 1.67 bits per heavy atom. The minimum atomic E-state index is -0.353. The average Bonchev–Trinajstić information content (AvgIpc) is 2.55. The van der Waals surface area contributed by atoms with Crippen molar-refractivity contribution in [3.05, 3.63) is 65.5 Å². The van der Waals surface area contributed by atoms with Crippen molar-refractivity contribution >= 4 is 17.5 Å². The molecule has 2 aromatic carbocycles. The molecule has 0 bridgehead atoms. The summed E-state index contributed by atoms with van der Waals surface area (Å²) in [5.74, 6) is -0.643. The molecule has 0 aromatic heterocycles. The Balaban J connectivity index is 1.88. The molecule has 0 aliphatic rings. The Morgan fingerprint density at radius 3 is 2.25 bits per heavy atom. The van der Waals surface area contributed by atoms with Crippen molar-refractivity contribution in [2.24, 2.45) is 0 Å². The summed E-state index contributed by atoms with van der Waals surface area (Å²) >= 11 is 0. The Bertz CT molecular complexity index is 696. The fraction of sp³-hybridized carbons (Fsp3) is 0.263. The number of halogens is 1. The number of carbonyl (C=O) groups excluding carboxylic acids is 2. The van der Waals surface area contributed by atoms with Gasteiger partial charge in [0.1, 0.15) is 5.82 Å². The zero-order chi connectivity index (χ0) is 17.5. The Labute approximate surface area is 141 Å². The van der Waals surface area contributed by atoms with E-state index in [1.165, 1.54) is 31.2 Å². The first-order valence-electron chi connectivity index (χ1n) is 7.80. The van der Waals surface area contributed by atoms with Gasteiger partial charge in [0.15, 0.2) is 0 Å². The van der Waals surface area contributed by atoms with Crippen LogP contribution in [0.25, 0.3) is 0 Å². The average molecular weight is 328 g/mol. The highest BCUT2D eigenvalue weighted by molar-refractivity contribution is 5.91. The fourth-order valence-corrected chi connectivity index (χ4v) is 2.25. The van der Waals surface area contributed by atoms with Crippen LogP contribution >= 0.6 is 0 Å². The number of anilines is 1. The number of nitrogens with one attached hydrogen (secondary N) is 1. The van der Waals surface area contributed by atoms with E-state index in [2.05, 4.69) is 5.32 Å². The Kier molecular flexibility index (Phi) is 6.07. The summed E-state index contributed by atoms with van der Waals surface area (Å²) in [7, 11) is 0. The summed E-state index contributed by atoms with van der Waals surface area (Å²) < 4.78 is 12.8. The smallest absolute Gasteiger partial charge is 0.226 e. The first kappa shape index (κ1) is 17.7. The summed E-state index contributed by atoms with van der Waals surface area (Å²) in [6, 6.07) is 13.5. The zero-order valence-electron chi connectivity index (χ0n) is 13.9. The van der Waals surface area contributed by atoms with Crippen LogP contribution in [0.4, 0.5) is 10.1 Å². The van der Waals surface area contributed by atoms with E-state index in [-0.39, 0.29) is 24.1 Å². The summed E-state index contributed by atoms with van der Waals surface area (Å²) in [4.78, 5) is 25.4. The lowest BCUT2D eigenvalue weighted by atomic mass is 10.1. The lowest BCUT2D eigenvalue weighted by Crippen LogP contribution is -2.31. The Hall–Kier alpha value is -2.69. The standard InChI is InChI=1S/C19H21FN2O2/c1-14-3-5-16(6-4-14)13-22(15(2)23)12-11-19(24)21-18-9-7-17(20)8-10-18/h3-10H,11-13H2,1-2H3,(H,21,24). The molecule has 0 radical (unpaired) electrons. The van der Waals surface area contributed by atoms with Gasteiger partial charge >= 0.3 is 0 Å². The van der Waals surface area contributed by atoms with E-state index in [9.17, 15) is 14.0 Å². The number of hydrogen-bond acceptors (Lipinski definition) is 2. The van der Waals surface area contributed by atoms with Gasteiger partial charge in [0.05, 0.1) is 0 Å². The van der Waals surface area contributed by atoms with E-state index in [1.807, 2.05) is 31.2 Å². The molecule has 1 N–H and O–H groups in total. The number of amides is 2. The molecule has 0 unspecified atom stereocenters. The van der Waals surface area contributed by atoms with Crippen molar-refractivity contribution in [3.8, 4) is 0 Å². The third-order valence-electron chi connectivity index (χ3n) is 3.68. The van der Waals surface area contributed by atoms with Gasteiger partial charge in [-0.05, 0) is 36.8 Å². The molecule has 0 aliphatic carbocycles. The van der Waals surface area contributed by atoms with Crippen LogP contribution in [-0.4, -0.2) is 23.3 Å². The fourth-order valence-electron chi connectivity index (χ4n) is 2.25. The Morgan fingerprint density at radius 1 is 1.04 bits per heavy atom. The summed E-state index contributed by atoms with van der Waals surface area (Å²) in [5.41, 5.74) is 2.72. The van der Waals surface area contributed by atoms with Gasteiger partial charge in [-0.1, -0.05) is 29.8 Å². The molecular formula is C19H21FN2O2. The molecule has 0 fully saturated rings. The maximum atomic E-state index is 12.8. The van der Waals surface area contributed by atoms with Crippen molar-refractivity contribution in [2.75, 3.05) is 11.9 Å². The van der Waals surface area contributed by atoms with Gasteiger partial charge in [0, 0.05) is 32.1 Å². The topological polar surface area (TPSA) is 49.4 Å². The second-order valence-corrected chi connectivity index (χ2v) is 5.73. The van der Waals surface area contributed by atoms with Crippen LogP contribution in [0, 0.1) is 12.7 Å². The number of hydrogen-bond donors (Lipinski definition) is 1. The molecule has 0 spiro atoms. The van der Waals surface area contributed by atoms with Crippen molar-refractivity contribution in [1.29, 1.82) is 0 Å². The maximum Gasteiger partial charge on any atom is 0.226 e. The van der Waals surface area contributed by atoms with Crippen LogP contribution in [0.3, 0.4) is 0 Å². The molecule has 126 valence electrons.